The van der Waals surface area contributed by atoms with Gasteiger partial charge in [0.15, 0.2) is 0 Å². The molecule has 1 N–H and O–H groups in total. The zero-order valence-electron chi connectivity index (χ0n) is 16.1. The van der Waals surface area contributed by atoms with Crippen LogP contribution < -0.4 is 10.1 Å². The Morgan fingerprint density at radius 1 is 1.20 bits per heavy atom. The van der Waals surface area contributed by atoms with Gasteiger partial charge in [0.2, 0.25) is 6.41 Å². The van der Waals surface area contributed by atoms with Crippen molar-refractivity contribution in [2.45, 2.75) is 20.5 Å². The largest absolute Gasteiger partial charge is 0.458 e. The Labute approximate surface area is 176 Å². The quantitative estimate of drug-likeness (QED) is 0.259. The number of rotatable bonds is 10. The summed E-state index contributed by atoms with van der Waals surface area (Å²) in [5.74, 6) is -0.0695. The predicted molar refractivity (Wildman–Crippen MR) is 118 cm³/mol. The second kappa shape index (κ2) is 16.4. The molecule has 0 unspecified atom stereocenters. The first-order valence-electron chi connectivity index (χ1n) is 8.61. The van der Waals surface area contributed by atoms with E-state index in [1.54, 1.807) is 7.11 Å². The summed E-state index contributed by atoms with van der Waals surface area (Å²) in [6.07, 6.45) is 5.64. The van der Waals surface area contributed by atoms with Crippen LogP contribution in [0.4, 0.5) is 10.1 Å². The monoisotopic (exact) mass is 414 g/mol. The lowest BCUT2D eigenvalue weighted by molar-refractivity contribution is -0.107. The van der Waals surface area contributed by atoms with E-state index in [9.17, 15) is 14.0 Å². The summed E-state index contributed by atoms with van der Waals surface area (Å²) in [4.78, 5) is 24.1. The van der Waals surface area contributed by atoms with Gasteiger partial charge in [-0.1, -0.05) is 37.8 Å². The van der Waals surface area contributed by atoms with Crippen molar-refractivity contribution in [2.24, 2.45) is 4.99 Å². The van der Waals surface area contributed by atoms with Gasteiger partial charge in [-0.05, 0) is 36.6 Å². The molecule has 1 amide bonds. The van der Waals surface area contributed by atoms with Crippen molar-refractivity contribution in [1.82, 2.24) is 0 Å². The molecule has 30 heavy (non-hydrogen) atoms. The summed E-state index contributed by atoms with van der Waals surface area (Å²) in [5.41, 5.74) is 1.27. The maximum Gasteiger partial charge on any atom is 0.211 e. The lowest BCUT2D eigenvalue weighted by Gasteiger charge is -2.08. The van der Waals surface area contributed by atoms with Gasteiger partial charge in [0.25, 0.3) is 0 Å². The number of carbonyl (C=O) groups is 2. The van der Waals surface area contributed by atoms with Crippen molar-refractivity contribution >= 4 is 25.1 Å². The van der Waals surface area contributed by atoms with Crippen LogP contribution in [0.15, 0.2) is 77.6 Å². The Balaban J connectivity index is 0.000000704. The smallest absolute Gasteiger partial charge is 0.211 e. The van der Waals surface area contributed by atoms with Crippen molar-refractivity contribution < 1.29 is 23.5 Å². The van der Waals surface area contributed by atoms with Gasteiger partial charge in [-0.15, -0.1) is 0 Å². The zero-order valence-corrected chi connectivity index (χ0v) is 16.1. The normalized spacial score (nSPS) is 10.3. The number of halogens is 1. The van der Waals surface area contributed by atoms with Crippen molar-refractivity contribution in [1.29, 1.82) is 0 Å². The van der Waals surface area contributed by atoms with E-state index < -0.39 is 5.82 Å². The summed E-state index contributed by atoms with van der Waals surface area (Å²) in [7, 11) is 1.70. The number of methoxy groups -OCH3 is 1. The highest BCUT2D eigenvalue weighted by Crippen LogP contribution is 2.22. The van der Waals surface area contributed by atoms with Gasteiger partial charge in [-0.2, -0.15) is 0 Å². The molecule has 0 radical (unpaired) electrons. The lowest BCUT2D eigenvalue weighted by Crippen LogP contribution is -1.98. The summed E-state index contributed by atoms with van der Waals surface area (Å²) in [6, 6.07) is 14.1. The zero-order chi connectivity index (χ0) is 21.3. The SMILES string of the molecule is C.C=N/C=C\C(=C/CC=O)Oc1ccc(NC=O)c(F)c1.COCc1ccccc1. The van der Waals surface area contributed by atoms with E-state index in [0.717, 1.165) is 6.07 Å². The third kappa shape index (κ3) is 10.7. The van der Waals surface area contributed by atoms with Crippen LogP contribution in [0.25, 0.3) is 0 Å². The van der Waals surface area contributed by atoms with Gasteiger partial charge in [-0.25, -0.2) is 4.39 Å². The number of ether oxygens (including phenoxy) is 2. The Hall–Kier alpha value is -3.58. The number of allylic oxidation sites excluding steroid dienone is 2. The number of benzene rings is 2. The average molecular weight is 414 g/mol. The molecule has 2 aromatic carbocycles. The number of hydrogen-bond donors (Lipinski definition) is 1. The molecule has 0 fully saturated rings. The molecule has 0 saturated heterocycles. The molecule has 0 bridgehead atoms. The van der Waals surface area contributed by atoms with Crippen LogP contribution in [0.1, 0.15) is 19.4 Å². The minimum absolute atomic E-state index is 0. The van der Waals surface area contributed by atoms with Crippen LogP contribution >= 0.6 is 0 Å². The Kier molecular flexibility index (Phi) is 14.4. The Bertz CT molecular complexity index is 836. The number of aliphatic imine (C=N–C) groups is 1. The van der Waals surface area contributed by atoms with Crippen LogP contribution in [0.3, 0.4) is 0 Å². The topological polar surface area (TPSA) is 77.0 Å². The van der Waals surface area contributed by atoms with Crippen molar-refractivity contribution in [3.05, 3.63) is 84.0 Å². The van der Waals surface area contributed by atoms with E-state index in [0.29, 0.717) is 25.1 Å². The molecular weight excluding hydrogens is 387 g/mol. The van der Waals surface area contributed by atoms with Gasteiger partial charge in [-0.3, -0.25) is 9.79 Å². The van der Waals surface area contributed by atoms with Gasteiger partial charge < -0.3 is 19.6 Å². The molecule has 0 heterocycles. The highest BCUT2D eigenvalue weighted by Gasteiger charge is 2.05. The van der Waals surface area contributed by atoms with E-state index in [2.05, 4.69) is 17.0 Å². The lowest BCUT2D eigenvalue weighted by atomic mass is 10.2. The highest BCUT2D eigenvalue weighted by atomic mass is 19.1. The van der Waals surface area contributed by atoms with Gasteiger partial charge in [0.05, 0.1) is 12.3 Å². The molecule has 6 nitrogen and oxygen atoms in total. The Morgan fingerprint density at radius 2 is 1.93 bits per heavy atom. The molecule has 0 saturated carbocycles. The van der Waals surface area contributed by atoms with Crippen molar-refractivity contribution in [2.75, 3.05) is 12.4 Å². The molecule has 0 aliphatic rings. The summed E-state index contributed by atoms with van der Waals surface area (Å²) in [5, 5.41) is 2.22. The van der Waals surface area contributed by atoms with Gasteiger partial charge >= 0.3 is 0 Å². The highest BCUT2D eigenvalue weighted by molar-refractivity contribution is 5.71. The van der Waals surface area contributed by atoms with Crippen LogP contribution in [-0.2, 0) is 20.9 Å². The van der Waals surface area contributed by atoms with E-state index >= 15 is 0 Å². The third-order valence-corrected chi connectivity index (χ3v) is 3.30. The number of aldehydes is 1. The Morgan fingerprint density at radius 3 is 2.50 bits per heavy atom. The molecular formula is C23H27FN2O4. The minimum Gasteiger partial charge on any atom is -0.458 e. The molecule has 0 atom stereocenters. The average Bonchev–Trinajstić information content (AvgIpc) is 2.73. The number of nitrogens with one attached hydrogen (secondary N) is 1. The molecule has 2 rings (SSSR count). The van der Waals surface area contributed by atoms with Gasteiger partial charge in [0.1, 0.15) is 23.6 Å². The fourth-order valence-corrected chi connectivity index (χ4v) is 2.05. The number of hydrogen-bond acceptors (Lipinski definition) is 5. The molecule has 0 aliphatic heterocycles. The van der Waals surface area contributed by atoms with Crippen molar-refractivity contribution in [3.8, 4) is 5.75 Å². The maximum absolute atomic E-state index is 13.6. The van der Waals surface area contributed by atoms with E-state index in [1.807, 2.05) is 30.3 Å². The van der Waals surface area contributed by atoms with E-state index in [-0.39, 0.29) is 25.3 Å². The van der Waals surface area contributed by atoms with Crippen LogP contribution in [0, 0.1) is 5.82 Å². The molecule has 7 heteroatoms. The molecule has 0 aromatic heterocycles. The number of anilines is 1. The number of nitrogens with zero attached hydrogens (tertiary/aromatic N) is 1. The second-order valence-electron chi connectivity index (χ2n) is 5.43. The number of amides is 1. The molecule has 0 aliphatic carbocycles. The van der Waals surface area contributed by atoms with Crippen molar-refractivity contribution in [3.63, 3.8) is 0 Å². The maximum atomic E-state index is 13.6. The predicted octanol–water partition coefficient (Wildman–Crippen LogP) is 4.93. The van der Waals surface area contributed by atoms with E-state index in [4.69, 9.17) is 9.47 Å². The summed E-state index contributed by atoms with van der Waals surface area (Å²) in [6.45, 7) is 3.98. The first kappa shape index (κ1) is 26.4. The molecule has 160 valence electrons. The molecule has 0 spiro atoms. The fraction of sp³-hybridized carbons (Fsp3) is 0.174. The first-order valence-corrected chi connectivity index (χ1v) is 8.61. The van der Waals surface area contributed by atoms with Crippen LogP contribution in [0.2, 0.25) is 0 Å². The van der Waals surface area contributed by atoms with Crippen LogP contribution in [0.5, 0.6) is 5.75 Å². The number of carbonyl (C=O) groups excluding carboxylic acids is 2. The summed E-state index contributed by atoms with van der Waals surface area (Å²) >= 11 is 0. The molecule has 2 aromatic rings. The standard InChI is InChI=1S/C14H13FN2O3.C8H10O.CH4/c1-16-7-6-11(3-2-8-18)20-12-4-5-14(17-10-19)13(15)9-12;1-9-7-8-5-3-2-4-6-8;/h3-10H,1-2H2,(H,17,19);2-6H,7H2,1H3;1H4/b7-6-,11-3+;;. The minimum atomic E-state index is -0.629. The van der Waals surface area contributed by atoms with Crippen LogP contribution in [-0.4, -0.2) is 26.5 Å². The first-order chi connectivity index (χ1) is 14.1. The fourth-order valence-electron chi connectivity index (χ4n) is 2.05. The third-order valence-electron chi connectivity index (χ3n) is 3.30. The summed E-state index contributed by atoms with van der Waals surface area (Å²) < 4.78 is 23.9. The van der Waals surface area contributed by atoms with E-state index in [1.165, 1.54) is 36.0 Å². The van der Waals surface area contributed by atoms with Gasteiger partial charge in [0, 0.05) is 25.8 Å². The second-order valence-corrected chi connectivity index (χ2v) is 5.43.